The van der Waals surface area contributed by atoms with Crippen LogP contribution in [0.15, 0.2) is 0 Å². The Hall–Kier alpha value is -0.290. The van der Waals surface area contributed by atoms with Gasteiger partial charge in [-0.1, -0.05) is 0 Å². The molecule has 2 nitrogen and oxygen atoms in total. The molecule has 10 heavy (non-hydrogen) atoms. The lowest BCUT2D eigenvalue weighted by Gasteiger charge is -2.08. The highest BCUT2D eigenvalue weighted by Gasteiger charge is 2.27. The SMILES string of the molecule is NC[C@@H](O)CCC(F)(F)F. The fourth-order valence-electron chi connectivity index (χ4n) is 0.448. The third kappa shape index (κ3) is 5.84. The van der Waals surface area contributed by atoms with Crippen molar-refractivity contribution in [2.45, 2.75) is 25.1 Å². The molecule has 0 rings (SSSR count). The zero-order valence-electron chi connectivity index (χ0n) is 5.36. The Balaban J connectivity index is 3.36. The quantitative estimate of drug-likeness (QED) is 0.631. The molecule has 0 radical (unpaired) electrons. The lowest BCUT2D eigenvalue weighted by atomic mass is 10.2. The third-order valence-corrected chi connectivity index (χ3v) is 1.03. The van der Waals surface area contributed by atoms with Crippen molar-refractivity contribution in [2.75, 3.05) is 6.54 Å². The first-order valence-corrected chi connectivity index (χ1v) is 2.90. The molecule has 0 spiro atoms. The number of hydrogen-bond acceptors (Lipinski definition) is 2. The minimum absolute atomic E-state index is 0.115. The Bertz CT molecular complexity index is 93.4. The van der Waals surface area contributed by atoms with Crippen LogP contribution in [0.3, 0.4) is 0 Å². The fraction of sp³-hybridized carbons (Fsp3) is 1.00. The largest absolute Gasteiger partial charge is 0.392 e. The Kier molecular flexibility index (Phi) is 3.67. The second-order valence-corrected chi connectivity index (χ2v) is 2.04. The van der Waals surface area contributed by atoms with Gasteiger partial charge in [0.15, 0.2) is 0 Å². The van der Waals surface area contributed by atoms with Crippen LogP contribution in [0.4, 0.5) is 13.2 Å². The molecule has 0 heterocycles. The maximum atomic E-state index is 11.4. The van der Waals surface area contributed by atoms with Crippen LogP contribution in [0.2, 0.25) is 0 Å². The molecule has 0 bridgehead atoms. The lowest BCUT2D eigenvalue weighted by Crippen LogP contribution is -2.22. The predicted octanol–water partition coefficient (Wildman–Crippen LogP) is 0.649. The highest BCUT2D eigenvalue weighted by atomic mass is 19.4. The van der Waals surface area contributed by atoms with E-state index in [9.17, 15) is 13.2 Å². The van der Waals surface area contributed by atoms with Crippen molar-refractivity contribution in [3.8, 4) is 0 Å². The van der Waals surface area contributed by atoms with Crippen molar-refractivity contribution >= 4 is 0 Å². The molecule has 5 heteroatoms. The average molecular weight is 157 g/mol. The highest BCUT2D eigenvalue weighted by Crippen LogP contribution is 2.21. The van der Waals surface area contributed by atoms with E-state index in [1.54, 1.807) is 0 Å². The smallest absolute Gasteiger partial charge is 0.389 e. The van der Waals surface area contributed by atoms with Gasteiger partial charge in [0.2, 0.25) is 0 Å². The fourth-order valence-corrected chi connectivity index (χ4v) is 0.448. The molecule has 0 aromatic heterocycles. The Morgan fingerprint density at radius 2 is 1.90 bits per heavy atom. The second kappa shape index (κ2) is 3.78. The number of alkyl halides is 3. The van der Waals surface area contributed by atoms with Gasteiger partial charge in [-0.15, -0.1) is 0 Å². The van der Waals surface area contributed by atoms with E-state index in [1.807, 2.05) is 0 Å². The molecule has 62 valence electrons. The Morgan fingerprint density at radius 1 is 1.40 bits per heavy atom. The molecule has 0 unspecified atom stereocenters. The first-order chi connectivity index (χ1) is 4.45. The lowest BCUT2D eigenvalue weighted by molar-refractivity contribution is -0.139. The van der Waals surface area contributed by atoms with Crippen LogP contribution < -0.4 is 5.73 Å². The average Bonchev–Trinajstić information content (AvgIpc) is 1.81. The molecule has 0 fully saturated rings. The zero-order valence-corrected chi connectivity index (χ0v) is 5.36. The van der Waals surface area contributed by atoms with Crippen LogP contribution in [0, 0.1) is 0 Å². The van der Waals surface area contributed by atoms with Crippen LogP contribution in [0.1, 0.15) is 12.8 Å². The van der Waals surface area contributed by atoms with Gasteiger partial charge in [0.25, 0.3) is 0 Å². The minimum atomic E-state index is -4.18. The molecule has 0 amide bonds. The highest BCUT2D eigenvalue weighted by molar-refractivity contribution is 4.59. The normalized spacial score (nSPS) is 15.3. The number of rotatable bonds is 3. The molecule has 0 aromatic rings. The molecule has 0 aliphatic carbocycles. The summed E-state index contributed by atoms with van der Waals surface area (Å²) in [5.74, 6) is 0. The van der Waals surface area contributed by atoms with Gasteiger partial charge in [-0.25, -0.2) is 0 Å². The van der Waals surface area contributed by atoms with Gasteiger partial charge in [0.1, 0.15) is 0 Å². The summed E-state index contributed by atoms with van der Waals surface area (Å²) in [7, 11) is 0. The first kappa shape index (κ1) is 9.71. The molecule has 0 saturated heterocycles. The summed E-state index contributed by atoms with van der Waals surface area (Å²) < 4.78 is 34.2. The van der Waals surface area contributed by atoms with E-state index in [-0.39, 0.29) is 13.0 Å². The van der Waals surface area contributed by atoms with Gasteiger partial charge in [-0.3, -0.25) is 0 Å². The van der Waals surface area contributed by atoms with Crippen molar-refractivity contribution in [3.05, 3.63) is 0 Å². The monoisotopic (exact) mass is 157 g/mol. The van der Waals surface area contributed by atoms with Crippen LogP contribution in [0.5, 0.6) is 0 Å². The maximum absolute atomic E-state index is 11.4. The van der Waals surface area contributed by atoms with Gasteiger partial charge in [0.05, 0.1) is 6.10 Å². The molecular formula is C5H10F3NO. The maximum Gasteiger partial charge on any atom is 0.389 e. The van der Waals surface area contributed by atoms with Crippen molar-refractivity contribution in [3.63, 3.8) is 0 Å². The van der Waals surface area contributed by atoms with E-state index >= 15 is 0 Å². The van der Waals surface area contributed by atoms with Crippen molar-refractivity contribution in [1.29, 1.82) is 0 Å². The van der Waals surface area contributed by atoms with Crippen molar-refractivity contribution in [2.24, 2.45) is 5.73 Å². The third-order valence-electron chi connectivity index (χ3n) is 1.03. The topological polar surface area (TPSA) is 46.2 Å². The summed E-state index contributed by atoms with van der Waals surface area (Å²) in [6, 6.07) is 0. The minimum Gasteiger partial charge on any atom is -0.392 e. The summed E-state index contributed by atoms with van der Waals surface area (Å²) in [4.78, 5) is 0. The predicted molar refractivity (Wildman–Crippen MR) is 30.4 cm³/mol. The van der Waals surface area contributed by atoms with E-state index in [0.29, 0.717) is 0 Å². The van der Waals surface area contributed by atoms with E-state index in [2.05, 4.69) is 0 Å². The molecule has 0 aliphatic heterocycles. The molecule has 0 aromatic carbocycles. The van der Waals surface area contributed by atoms with Gasteiger partial charge in [0, 0.05) is 13.0 Å². The van der Waals surface area contributed by atoms with E-state index in [0.717, 1.165) is 0 Å². The summed E-state index contributed by atoms with van der Waals surface area (Å²) in [6.45, 7) is -0.115. The van der Waals surface area contributed by atoms with Crippen molar-refractivity contribution < 1.29 is 18.3 Å². The Labute approximate surface area is 56.8 Å². The molecule has 0 saturated carbocycles. The van der Waals surface area contributed by atoms with Gasteiger partial charge < -0.3 is 10.8 Å². The number of hydrogen-bond donors (Lipinski definition) is 2. The number of aliphatic hydroxyl groups excluding tert-OH is 1. The molecular weight excluding hydrogens is 147 g/mol. The van der Waals surface area contributed by atoms with Gasteiger partial charge in [-0.2, -0.15) is 13.2 Å². The molecule has 0 aliphatic rings. The van der Waals surface area contributed by atoms with E-state index in [1.165, 1.54) is 0 Å². The second-order valence-electron chi connectivity index (χ2n) is 2.04. The summed E-state index contributed by atoms with van der Waals surface area (Å²) in [6.07, 6.45) is -6.48. The van der Waals surface area contributed by atoms with Crippen LogP contribution >= 0.6 is 0 Å². The zero-order chi connectivity index (χ0) is 8.20. The molecule has 3 N–H and O–H groups in total. The van der Waals surface area contributed by atoms with Gasteiger partial charge in [-0.05, 0) is 6.42 Å². The standard InChI is InChI=1S/C5H10F3NO/c6-5(7,8)2-1-4(10)3-9/h4,10H,1-3,9H2/t4-/m0/s1. The molecule has 1 atom stereocenters. The summed E-state index contributed by atoms with van der Waals surface area (Å²) in [5.41, 5.74) is 4.88. The van der Waals surface area contributed by atoms with E-state index < -0.39 is 18.7 Å². The van der Waals surface area contributed by atoms with Crippen LogP contribution in [0.25, 0.3) is 0 Å². The van der Waals surface area contributed by atoms with Crippen molar-refractivity contribution in [1.82, 2.24) is 0 Å². The summed E-state index contributed by atoms with van der Waals surface area (Å²) in [5, 5.41) is 8.60. The van der Waals surface area contributed by atoms with Gasteiger partial charge >= 0.3 is 6.18 Å². The van der Waals surface area contributed by atoms with Crippen LogP contribution in [-0.4, -0.2) is 23.9 Å². The first-order valence-electron chi connectivity index (χ1n) is 2.90. The van der Waals surface area contributed by atoms with Crippen LogP contribution in [-0.2, 0) is 0 Å². The Morgan fingerprint density at radius 3 is 2.20 bits per heavy atom. The summed E-state index contributed by atoms with van der Waals surface area (Å²) >= 11 is 0. The van der Waals surface area contributed by atoms with E-state index in [4.69, 9.17) is 10.8 Å². The number of nitrogens with two attached hydrogens (primary N) is 1. The number of halogens is 3. The number of aliphatic hydroxyl groups is 1.